The van der Waals surface area contributed by atoms with Crippen LogP contribution in [0.1, 0.15) is 34.6 Å². The number of carbonyl (C=O) groups is 1. The van der Waals surface area contributed by atoms with Crippen LogP contribution in [0.2, 0.25) is 5.28 Å². The zero-order valence-electron chi connectivity index (χ0n) is 14.1. The number of nitrogens with zero attached hydrogens (tertiary/aromatic N) is 4. The Labute approximate surface area is 146 Å². The molecular formula is C13H21ClN6O3S. The summed E-state index contributed by atoms with van der Waals surface area (Å²) >= 11 is 5.88. The Hall–Kier alpha value is -1.94. The highest BCUT2D eigenvalue weighted by atomic mass is 35.5. The minimum atomic E-state index is -3.90. The van der Waals surface area contributed by atoms with Crippen molar-refractivity contribution < 1.29 is 13.2 Å². The van der Waals surface area contributed by atoms with E-state index in [4.69, 9.17) is 11.6 Å². The van der Waals surface area contributed by atoms with Gasteiger partial charge in [-0.15, -0.1) is 0 Å². The van der Waals surface area contributed by atoms with Crippen LogP contribution in [0.3, 0.4) is 0 Å². The molecule has 0 saturated carbocycles. The summed E-state index contributed by atoms with van der Waals surface area (Å²) in [6, 6.07) is -1.27. The number of hydrogen-bond acceptors (Lipinski definition) is 7. The summed E-state index contributed by atoms with van der Waals surface area (Å²) in [4.78, 5) is 25.4. The smallest absolute Gasteiger partial charge is 0.338 e. The van der Waals surface area contributed by atoms with Crippen LogP contribution >= 0.6 is 11.6 Å². The predicted molar refractivity (Wildman–Crippen MR) is 93.5 cm³/mol. The summed E-state index contributed by atoms with van der Waals surface area (Å²) in [6.07, 6.45) is 1.31. The van der Waals surface area contributed by atoms with Crippen molar-refractivity contribution in [2.75, 3.05) is 10.2 Å². The third-order valence-corrected chi connectivity index (χ3v) is 3.77. The Balaban J connectivity index is 3.21. The van der Waals surface area contributed by atoms with Crippen LogP contribution in [0.5, 0.6) is 0 Å². The van der Waals surface area contributed by atoms with Gasteiger partial charge in [-0.25, -0.2) is 17.9 Å². The van der Waals surface area contributed by atoms with Gasteiger partial charge in [0, 0.05) is 17.5 Å². The number of hydrogen-bond donors (Lipinski definition) is 2. The van der Waals surface area contributed by atoms with Crippen molar-refractivity contribution in [3.05, 3.63) is 16.8 Å². The van der Waals surface area contributed by atoms with Crippen molar-refractivity contribution >= 4 is 39.6 Å². The van der Waals surface area contributed by atoms with Crippen LogP contribution in [0.25, 0.3) is 0 Å². The zero-order chi connectivity index (χ0) is 18.5. The highest BCUT2D eigenvalue weighted by Gasteiger charge is 2.26. The standard InChI is InChI=1S/C13H21ClN6O3S/c1-6-7-24(22,23)19-13(21)20(9(4)5)12-17-10(14)16-11(18-12)15-8(2)3/h6-9H,1-5H3,(H,19,21)(H,15,16,17,18). The van der Waals surface area contributed by atoms with Crippen LogP contribution in [0, 0.1) is 0 Å². The molecule has 1 rings (SSSR count). The fraction of sp³-hybridized carbons (Fsp3) is 0.538. The number of halogens is 1. The first kappa shape index (κ1) is 20.1. The normalized spacial score (nSPS) is 12.0. The number of anilines is 2. The predicted octanol–water partition coefficient (Wildman–Crippen LogP) is 2.13. The molecule has 0 aliphatic carbocycles. The lowest BCUT2D eigenvalue weighted by molar-refractivity contribution is 0.249. The van der Waals surface area contributed by atoms with Gasteiger partial charge in [-0.05, 0) is 46.2 Å². The van der Waals surface area contributed by atoms with Crippen molar-refractivity contribution in [3.63, 3.8) is 0 Å². The van der Waals surface area contributed by atoms with Gasteiger partial charge in [-0.1, -0.05) is 6.08 Å². The lowest BCUT2D eigenvalue weighted by atomic mass is 10.3. The lowest BCUT2D eigenvalue weighted by Crippen LogP contribution is -2.46. The van der Waals surface area contributed by atoms with Gasteiger partial charge in [0.1, 0.15) is 0 Å². The molecule has 0 bridgehead atoms. The highest BCUT2D eigenvalue weighted by Crippen LogP contribution is 2.17. The van der Waals surface area contributed by atoms with E-state index in [0.29, 0.717) is 0 Å². The number of sulfonamides is 1. The molecule has 0 radical (unpaired) electrons. The first-order valence-corrected chi connectivity index (χ1v) is 9.15. The second-order valence-corrected chi connectivity index (χ2v) is 7.32. The summed E-state index contributed by atoms with van der Waals surface area (Å²) in [6.45, 7) is 8.67. The monoisotopic (exact) mass is 376 g/mol. The molecule has 2 N–H and O–H groups in total. The Morgan fingerprint density at radius 3 is 2.33 bits per heavy atom. The average molecular weight is 377 g/mol. The Kier molecular flexibility index (Phi) is 6.91. The number of amides is 2. The minimum Gasteiger partial charge on any atom is -0.352 e. The van der Waals surface area contributed by atoms with Crippen molar-refractivity contribution in [1.29, 1.82) is 0 Å². The molecule has 11 heteroatoms. The molecule has 1 heterocycles. The van der Waals surface area contributed by atoms with Crippen molar-refractivity contribution in [2.24, 2.45) is 0 Å². The molecule has 24 heavy (non-hydrogen) atoms. The molecule has 0 atom stereocenters. The first-order valence-electron chi connectivity index (χ1n) is 7.22. The third kappa shape index (κ3) is 5.93. The highest BCUT2D eigenvalue weighted by molar-refractivity contribution is 7.92. The topological polar surface area (TPSA) is 117 Å². The fourth-order valence-corrected chi connectivity index (χ4v) is 2.63. The van der Waals surface area contributed by atoms with Gasteiger partial charge in [-0.3, -0.25) is 4.90 Å². The number of allylic oxidation sites excluding steroid dienone is 1. The van der Waals surface area contributed by atoms with E-state index >= 15 is 0 Å². The maximum Gasteiger partial charge on any atom is 0.338 e. The maximum atomic E-state index is 12.4. The second-order valence-electron chi connectivity index (χ2n) is 5.41. The zero-order valence-corrected chi connectivity index (χ0v) is 15.7. The number of rotatable bonds is 6. The summed E-state index contributed by atoms with van der Waals surface area (Å²) in [5.41, 5.74) is 0. The minimum absolute atomic E-state index is 0.0349. The molecule has 1 aromatic rings. The average Bonchev–Trinajstić information content (AvgIpc) is 2.35. The van der Waals surface area contributed by atoms with Crippen LogP contribution in [0.4, 0.5) is 16.7 Å². The van der Waals surface area contributed by atoms with Crippen molar-refractivity contribution in [1.82, 2.24) is 19.7 Å². The van der Waals surface area contributed by atoms with E-state index in [1.54, 1.807) is 13.8 Å². The van der Waals surface area contributed by atoms with E-state index in [0.717, 1.165) is 10.3 Å². The molecule has 9 nitrogen and oxygen atoms in total. The van der Waals surface area contributed by atoms with Crippen LogP contribution in [0.15, 0.2) is 11.5 Å². The van der Waals surface area contributed by atoms with Gasteiger partial charge in [0.25, 0.3) is 10.0 Å². The van der Waals surface area contributed by atoms with Crippen LogP contribution < -0.4 is 14.9 Å². The summed E-state index contributed by atoms with van der Waals surface area (Å²) in [5, 5.41) is 3.72. The molecule has 134 valence electrons. The fourth-order valence-electron chi connectivity index (χ4n) is 1.71. The molecule has 2 amide bonds. The second kappa shape index (κ2) is 8.25. The summed E-state index contributed by atoms with van der Waals surface area (Å²) in [5.74, 6) is 0.135. The third-order valence-electron chi connectivity index (χ3n) is 2.51. The van der Waals surface area contributed by atoms with Crippen molar-refractivity contribution in [3.8, 4) is 0 Å². The molecule has 0 unspecified atom stereocenters. The van der Waals surface area contributed by atoms with E-state index in [-0.39, 0.29) is 23.2 Å². The largest absolute Gasteiger partial charge is 0.352 e. The van der Waals surface area contributed by atoms with Gasteiger partial charge in [0.15, 0.2) is 0 Å². The maximum absolute atomic E-state index is 12.4. The Morgan fingerprint density at radius 2 is 1.83 bits per heavy atom. The first-order chi connectivity index (χ1) is 11.1. The molecule has 0 spiro atoms. The molecule has 0 aliphatic heterocycles. The Morgan fingerprint density at radius 1 is 1.21 bits per heavy atom. The van der Waals surface area contributed by atoms with Gasteiger partial charge in [0.05, 0.1) is 0 Å². The van der Waals surface area contributed by atoms with Gasteiger partial charge in [0.2, 0.25) is 17.2 Å². The van der Waals surface area contributed by atoms with E-state index in [9.17, 15) is 13.2 Å². The molecule has 0 aliphatic rings. The summed E-state index contributed by atoms with van der Waals surface area (Å²) in [7, 11) is -3.90. The van der Waals surface area contributed by atoms with Gasteiger partial charge >= 0.3 is 6.03 Å². The lowest BCUT2D eigenvalue weighted by Gasteiger charge is -2.24. The van der Waals surface area contributed by atoms with E-state index in [1.807, 2.05) is 18.6 Å². The number of nitrogens with one attached hydrogen (secondary N) is 2. The van der Waals surface area contributed by atoms with Crippen LogP contribution in [-0.4, -0.2) is 41.5 Å². The molecule has 0 aromatic carbocycles. The molecule has 0 fully saturated rings. The number of aromatic nitrogens is 3. The van der Waals surface area contributed by atoms with Crippen molar-refractivity contribution in [2.45, 2.75) is 46.7 Å². The SMILES string of the molecule is CC=CS(=O)(=O)NC(=O)N(c1nc(Cl)nc(NC(C)C)n1)C(C)C. The van der Waals surface area contributed by atoms with Crippen LogP contribution in [-0.2, 0) is 10.0 Å². The van der Waals surface area contributed by atoms with Gasteiger partial charge < -0.3 is 5.32 Å². The van der Waals surface area contributed by atoms with E-state index < -0.39 is 22.1 Å². The van der Waals surface area contributed by atoms with E-state index in [2.05, 4.69) is 20.3 Å². The van der Waals surface area contributed by atoms with Gasteiger partial charge in [-0.2, -0.15) is 15.0 Å². The molecule has 0 saturated heterocycles. The summed E-state index contributed by atoms with van der Waals surface area (Å²) < 4.78 is 25.4. The number of urea groups is 1. The van der Waals surface area contributed by atoms with E-state index in [1.165, 1.54) is 13.0 Å². The Bertz CT molecular complexity index is 720. The number of carbonyl (C=O) groups excluding carboxylic acids is 1. The molecule has 1 aromatic heterocycles. The quantitative estimate of drug-likeness (QED) is 0.780. The molecular weight excluding hydrogens is 356 g/mol.